The number of aliphatic hydroxyl groups is 1. The van der Waals surface area contributed by atoms with E-state index in [0.717, 1.165) is 0 Å². The predicted molar refractivity (Wildman–Crippen MR) is 114 cm³/mol. The molecule has 4 rings (SSSR count). The van der Waals surface area contributed by atoms with Crippen LogP contribution in [-0.4, -0.2) is 40.5 Å². The van der Waals surface area contributed by atoms with Gasteiger partial charge in [0.05, 0.1) is 0 Å². The molecule has 1 amide bonds. The fraction of sp³-hybridized carbons (Fsp3) is 0.591. The molecule has 1 aromatic carbocycles. The molecular weight excluding hydrogens is 398 g/mol. The third-order valence-corrected chi connectivity index (χ3v) is 11.5. The van der Waals surface area contributed by atoms with Crippen LogP contribution in [0.3, 0.4) is 0 Å². The maximum Gasteiger partial charge on any atom is 0.256 e. The van der Waals surface area contributed by atoms with Crippen LogP contribution in [0.25, 0.3) is 0 Å². The molecule has 1 fully saturated rings. The summed E-state index contributed by atoms with van der Waals surface area (Å²) in [5.41, 5.74) is 1.27. The maximum absolute atomic E-state index is 12.7. The Hall–Kier alpha value is -2.03. The van der Waals surface area contributed by atoms with E-state index in [1.54, 1.807) is 11.0 Å². The number of amides is 1. The summed E-state index contributed by atoms with van der Waals surface area (Å²) in [5.74, 6) is 1.08. The summed E-state index contributed by atoms with van der Waals surface area (Å²) >= 11 is 0. The summed E-state index contributed by atoms with van der Waals surface area (Å²) in [6, 6.07) is 7.22. The minimum atomic E-state index is -1.94. The molecule has 1 aromatic heterocycles. The van der Waals surface area contributed by atoms with Crippen LogP contribution in [0, 0.1) is 0 Å². The molecule has 0 bridgehead atoms. The number of carbonyl (C=O) groups is 1. The quantitative estimate of drug-likeness (QED) is 0.702. The van der Waals surface area contributed by atoms with Gasteiger partial charge in [0.1, 0.15) is 6.10 Å². The molecule has 2 aromatic rings. The number of hydrogen-bond acceptors (Lipinski definition) is 6. The molecule has 2 heterocycles. The average molecular weight is 430 g/mol. The van der Waals surface area contributed by atoms with Gasteiger partial charge in [-0.1, -0.05) is 39.0 Å². The number of rotatable bonds is 5. The van der Waals surface area contributed by atoms with Gasteiger partial charge in [-0.25, -0.2) is 0 Å². The molecule has 1 aliphatic heterocycles. The smallest absolute Gasteiger partial charge is 0.256 e. The van der Waals surface area contributed by atoms with Gasteiger partial charge in [0.15, 0.2) is 14.5 Å². The summed E-state index contributed by atoms with van der Waals surface area (Å²) in [4.78, 5) is 14.3. The first-order valence-corrected chi connectivity index (χ1v) is 13.5. The van der Waals surface area contributed by atoms with Crippen LogP contribution >= 0.6 is 0 Å². The Morgan fingerprint density at radius 3 is 2.53 bits per heavy atom. The molecule has 0 radical (unpaired) electrons. The van der Waals surface area contributed by atoms with Crippen molar-refractivity contribution in [2.45, 2.75) is 83.0 Å². The normalized spacial score (nSPS) is 25.2. The van der Waals surface area contributed by atoms with E-state index < -0.39 is 14.5 Å². The second-order valence-corrected chi connectivity index (χ2v) is 14.8. The van der Waals surface area contributed by atoms with Crippen LogP contribution in [0.15, 0.2) is 28.7 Å². The van der Waals surface area contributed by atoms with Crippen LogP contribution < -0.4 is 0 Å². The number of nitrogens with zero attached hydrogens (tertiary/aromatic N) is 3. The molecule has 162 valence electrons. The molecule has 0 saturated heterocycles. The third-order valence-electron chi connectivity index (χ3n) is 6.90. The van der Waals surface area contributed by atoms with E-state index in [4.69, 9.17) is 8.84 Å². The number of carbonyl (C=O) groups excluding carboxylic acids is 1. The Bertz CT molecular complexity index is 946. The van der Waals surface area contributed by atoms with Crippen molar-refractivity contribution in [2.75, 3.05) is 0 Å². The molecular formula is C22H31N3O4Si. The molecule has 30 heavy (non-hydrogen) atoms. The van der Waals surface area contributed by atoms with Crippen molar-refractivity contribution in [2.24, 2.45) is 0 Å². The van der Waals surface area contributed by atoms with Gasteiger partial charge in [0.25, 0.3) is 5.91 Å². The molecule has 1 unspecified atom stereocenters. The predicted octanol–water partition coefficient (Wildman–Crippen LogP) is 4.55. The van der Waals surface area contributed by atoms with E-state index in [9.17, 15) is 9.90 Å². The molecule has 7 nitrogen and oxygen atoms in total. The second kappa shape index (κ2) is 7.28. The van der Waals surface area contributed by atoms with Gasteiger partial charge in [0.2, 0.25) is 11.8 Å². The monoisotopic (exact) mass is 429 g/mol. The first-order valence-electron chi connectivity index (χ1n) is 10.6. The Balaban J connectivity index is 1.39. The minimum Gasteiger partial charge on any atom is -0.422 e. The van der Waals surface area contributed by atoms with Crippen molar-refractivity contribution >= 4 is 14.2 Å². The van der Waals surface area contributed by atoms with Crippen molar-refractivity contribution in [3.05, 3.63) is 47.2 Å². The van der Waals surface area contributed by atoms with E-state index in [0.29, 0.717) is 35.7 Å². The summed E-state index contributed by atoms with van der Waals surface area (Å²) in [6.07, 6.45) is 0.279. The fourth-order valence-electron chi connectivity index (χ4n) is 3.94. The Kier molecular flexibility index (Phi) is 5.15. The highest BCUT2D eigenvalue weighted by molar-refractivity contribution is 6.74. The summed E-state index contributed by atoms with van der Waals surface area (Å²) < 4.78 is 12.3. The van der Waals surface area contributed by atoms with Crippen molar-refractivity contribution in [1.82, 2.24) is 15.1 Å². The number of fused-ring (bicyclic) bond motifs is 1. The lowest BCUT2D eigenvalue weighted by Gasteiger charge is -2.41. The lowest BCUT2D eigenvalue weighted by atomic mass is 9.79. The fourth-order valence-corrected chi connectivity index (χ4v) is 5.28. The minimum absolute atomic E-state index is 0.0267. The zero-order valence-corrected chi connectivity index (χ0v) is 19.5. The van der Waals surface area contributed by atoms with Gasteiger partial charge < -0.3 is 18.8 Å². The first kappa shape index (κ1) is 21.2. The highest BCUT2D eigenvalue weighted by Gasteiger charge is 2.46. The molecule has 1 saturated carbocycles. The number of aromatic nitrogens is 2. The van der Waals surface area contributed by atoms with Crippen molar-refractivity contribution in [1.29, 1.82) is 0 Å². The Morgan fingerprint density at radius 2 is 1.90 bits per heavy atom. The zero-order valence-electron chi connectivity index (χ0n) is 18.5. The zero-order chi connectivity index (χ0) is 21.8. The van der Waals surface area contributed by atoms with Crippen LogP contribution in [0.2, 0.25) is 18.1 Å². The third kappa shape index (κ3) is 3.50. The molecule has 1 aliphatic carbocycles. The van der Waals surface area contributed by atoms with Gasteiger partial charge in [0, 0.05) is 23.1 Å². The van der Waals surface area contributed by atoms with Gasteiger partial charge in [-0.3, -0.25) is 4.79 Å². The van der Waals surface area contributed by atoms with Gasteiger partial charge in [-0.05, 0) is 44.0 Å². The Morgan fingerprint density at radius 1 is 1.23 bits per heavy atom. The standard InChI is InChI=1S/C22H31N3O4Si/c1-13(29-30(5,6)22(2,3)4)18-23-24-19(28-18)14-11-15(12-14)25-20(26)16-9-7-8-10-17(16)21(25)27/h7-10,13-15,20,26H,11-12H2,1-6H3/t13-,14-,15-,20?/m1/s1. The summed E-state index contributed by atoms with van der Waals surface area (Å²) in [5, 5.41) is 19.2. The van der Waals surface area contributed by atoms with Gasteiger partial charge in [-0.2, -0.15) is 0 Å². The van der Waals surface area contributed by atoms with Crippen molar-refractivity contribution < 1.29 is 18.7 Å². The van der Waals surface area contributed by atoms with Gasteiger partial charge in [-0.15, -0.1) is 10.2 Å². The maximum atomic E-state index is 12.7. The van der Waals surface area contributed by atoms with Crippen molar-refractivity contribution in [3.8, 4) is 0 Å². The highest BCUT2D eigenvalue weighted by Crippen LogP contribution is 2.45. The van der Waals surface area contributed by atoms with Gasteiger partial charge >= 0.3 is 0 Å². The molecule has 1 N–H and O–H groups in total. The van der Waals surface area contributed by atoms with Crippen LogP contribution in [0.5, 0.6) is 0 Å². The lowest BCUT2D eigenvalue weighted by Crippen LogP contribution is -2.45. The van der Waals surface area contributed by atoms with E-state index in [1.165, 1.54) is 0 Å². The van der Waals surface area contributed by atoms with E-state index in [1.807, 2.05) is 25.1 Å². The molecule has 2 aliphatic rings. The second-order valence-electron chi connectivity index (χ2n) is 9.99. The molecule has 2 atom stereocenters. The number of benzene rings is 1. The first-order chi connectivity index (χ1) is 14.0. The average Bonchev–Trinajstić information content (AvgIpc) is 3.19. The molecule has 8 heteroatoms. The molecule has 0 spiro atoms. The summed E-state index contributed by atoms with van der Waals surface area (Å²) in [6.45, 7) is 13.0. The van der Waals surface area contributed by atoms with Crippen LogP contribution in [0.1, 0.15) is 86.5 Å². The topological polar surface area (TPSA) is 88.7 Å². The van der Waals surface area contributed by atoms with Crippen molar-refractivity contribution in [3.63, 3.8) is 0 Å². The van der Waals surface area contributed by atoms with E-state index in [2.05, 4.69) is 44.1 Å². The highest BCUT2D eigenvalue weighted by atomic mass is 28.4. The number of hydrogen-bond donors (Lipinski definition) is 1. The summed E-state index contributed by atoms with van der Waals surface area (Å²) in [7, 11) is -1.94. The SMILES string of the molecule is C[C@@H](O[Si](C)(C)C(C)(C)C)c1nnc([C@H]2C[C@H](N3C(=O)c4ccccc4C3O)C2)o1. The lowest BCUT2D eigenvalue weighted by molar-refractivity contribution is -0.0273. The number of aliphatic hydroxyl groups excluding tert-OH is 1. The van der Waals surface area contributed by atoms with Crippen LogP contribution in [0.4, 0.5) is 0 Å². The van der Waals surface area contributed by atoms with E-state index in [-0.39, 0.29) is 29.0 Å². The van der Waals surface area contributed by atoms with Crippen LogP contribution in [-0.2, 0) is 4.43 Å². The van der Waals surface area contributed by atoms with E-state index >= 15 is 0 Å². The largest absolute Gasteiger partial charge is 0.422 e. The Labute approximate surface area is 178 Å².